The van der Waals surface area contributed by atoms with Crippen molar-refractivity contribution in [3.8, 4) is 33.9 Å². The number of hydrogen-bond donors (Lipinski definition) is 0. The van der Waals surface area contributed by atoms with E-state index in [2.05, 4.69) is 18.8 Å². The molecular formula is C31H28FN3O. The lowest BCUT2D eigenvalue weighted by molar-refractivity contribution is -0.128. The van der Waals surface area contributed by atoms with E-state index in [1.807, 2.05) is 48.5 Å². The maximum Gasteiger partial charge on any atom is 0.161 e. The van der Waals surface area contributed by atoms with Crippen molar-refractivity contribution in [2.45, 2.75) is 44.9 Å². The maximum absolute atomic E-state index is 15.0. The minimum Gasteiger partial charge on any atom is -0.299 e. The van der Waals surface area contributed by atoms with Crippen molar-refractivity contribution in [3.05, 3.63) is 90.0 Å². The third-order valence-electron chi connectivity index (χ3n) is 8.29. The normalized spacial score (nSPS) is 23.1. The monoisotopic (exact) mass is 477 g/mol. The molecule has 2 aliphatic carbocycles. The van der Waals surface area contributed by atoms with E-state index in [9.17, 15) is 4.79 Å². The van der Waals surface area contributed by atoms with Crippen LogP contribution in [0.4, 0.5) is 4.39 Å². The van der Waals surface area contributed by atoms with Crippen LogP contribution in [-0.4, -0.2) is 20.7 Å². The van der Waals surface area contributed by atoms with Gasteiger partial charge in [-0.2, -0.15) is 0 Å². The molecule has 2 aromatic carbocycles. The van der Waals surface area contributed by atoms with Crippen LogP contribution in [0.3, 0.4) is 0 Å². The fraction of sp³-hybridized carbons (Fsp3) is 0.290. The number of halogens is 1. The molecule has 0 radical (unpaired) electrons. The number of pyridine rings is 1. The Hall–Kier alpha value is -3.73. The number of rotatable bonds is 3. The fourth-order valence-electron chi connectivity index (χ4n) is 6.24. The van der Waals surface area contributed by atoms with E-state index >= 15 is 4.39 Å². The molecule has 2 aliphatic rings. The Morgan fingerprint density at radius 3 is 2.44 bits per heavy atom. The van der Waals surface area contributed by atoms with Crippen LogP contribution >= 0.6 is 0 Å². The van der Waals surface area contributed by atoms with E-state index in [0.29, 0.717) is 29.3 Å². The number of ketones is 1. The quantitative estimate of drug-likeness (QED) is 0.324. The van der Waals surface area contributed by atoms with Crippen molar-refractivity contribution >= 4 is 5.78 Å². The fourth-order valence-corrected chi connectivity index (χ4v) is 6.24. The van der Waals surface area contributed by atoms with Crippen LogP contribution in [0, 0.1) is 17.7 Å². The summed E-state index contributed by atoms with van der Waals surface area (Å²) in [4.78, 5) is 27.3. The van der Waals surface area contributed by atoms with Gasteiger partial charge in [-0.05, 0) is 49.4 Å². The van der Waals surface area contributed by atoms with Crippen molar-refractivity contribution in [3.63, 3.8) is 0 Å². The lowest BCUT2D eigenvalue weighted by Gasteiger charge is -2.48. The minimum atomic E-state index is -0.290. The van der Waals surface area contributed by atoms with Crippen molar-refractivity contribution < 1.29 is 9.18 Å². The number of fused-ring (bicyclic) bond motifs is 3. The Morgan fingerprint density at radius 2 is 1.69 bits per heavy atom. The summed E-state index contributed by atoms with van der Waals surface area (Å²) >= 11 is 0. The number of Topliss-reactive ketones (excluding diaryl/α,β-unsaturated/α-hetero) is 1. The summed E-state index contributed by atoms with van der Waals surface area (Å²) in [5.41, 5.74) is 5.58. The highest BCUT2D eigenvalue weighted by molar-refractivity contribution is 5.83. The summed E-state index contributed by atoms with van der Waals surface area (Å²) in [6, 6.07) is 20.8. The Morgan fingerprint density at radius 1 is 0.917 bits per heavy atom. The number of hydrogen-bond acceptors (Lipinski definition) is 4. The first-order valence-corrected chi connectivity index (χ1v) is 12.7. The van der Waals surface area contributed by atoms with Gasteiger partial charge < -0.3 is 0 Å². The highest BCUT2D eigenvalue weighted by atomic mass is 19.1. The lowest BCUT2D eigenvalue weighted by atomic mass is 9.56. The zero-order chi connectivity index (χ0) is 24.9. The molecule has 0 N–H and O–H groups in total. The molecule has 0 spiro atoms. The molecule has 2 aromatic heterocycles. The van der Waals surface area contributed by atoms with Gasteiger partial charge in [-0.1, -0.05) is 56.3 Å². The van der Waals surface area contributed by atoms with Crippen molar-refractivity contribution in [2.75, 3.05) is 0 Å². The second-order valence-corrected chi connectivity index (χ2v) is 10.3. The predicted molar refractivity (Wildman–Crippen MR) is 139 cm³/mol. The molecule has 0 amide bonds. The molecule has 180 valence electrons. The zero-order valence-corrected chi connectivity index (χ0v) is 20.5. The third-order valence-corrected chi connectivity index (χ3v) is 8.29. The first-order valence-electron chi connectivity index (χ1n) is 12.7. The Kier molecular flexibility index (Phi) is 5.51. The number of carbonyl (C=O) groups excluding carboxylic acids is 1. The topological polar surface area (TPSA) is 55.7 Å². The highest BCUT2D eigenvalue weighted by Gasteiger charge is 2.49. The van der Waals surface area contributed by atoms with Gasteiger partial charge in [0.05, 0.1) is 17.1 Å². The smallest absolute Gasteiger partial charge is 0.161 e. The van der Waals surface area contributed by atoms with E-state index in [4.69, 9.17) is 9.97 Å². The van der Waals surface area contributed by atoms with E-state index in [1.165, 1.54) is 6.07 Å². The minimum absolute atomic E-state index is 0.000880. The van der Waals surface area contributed by atoms with Crippen LogP contribution in [0.25, 0.3) is 33.9 Å². The van der Waals surface area contributed by atoms with Crippen LogP contribution < -0.4 is 0 Å². The Balaban J connectivity index is 1.52. The number of benzene rings is 2. The number of aromatic nitrogens is 3. The van der Waals surface area contributed by atoms with Crippen LogP contribution in [0.5, 0.6) is 0 Å². The van der Waals surface area contributed by atoms with Gasteiger partial charge in [0.2, 0.25) is 0 Å². The van der Waals surface area contributed by atoms with Gasteiger partial charge in [0, 0.05) is 46.2 Å². The zero-order valence-electron chi connectivity index (χ0n) is 20.5. The molecule has 0 bridgehead atoms. The van der Waals surface area contributed by atoms with Gasteiger partial charge in [0.25, 0.3) is 0 Å². The summed E-state index contributed by atoms with van der Waals surface area (Å²) in [6.45, 7) is 4.29. The SMILES string of the molecule is C[C@H]1C(=O)CC[C@@]2(C)c3nc(-c4ccc(-c5ccccc5)nc4)nc(-c4ccccc4F)c3CC[C@H]12. The largest absolute Gasteiger partial charge is 0.299 e. The average Bonchev–Trinajstić information content (AvgIpc) is 2.91. The first-order chi connectivity index (χ1) is 17.5. The first kappa shape index (κ1) is 22.7. The second-order valence-electron chi connectivity index (χ2n) is 10.3. The van der Waals surface area contributed by atoms with Crippen molar-refractivity contribution in [1.82, 2.24) is 15.0 Å². The van der Waals surface area contributed by atoms with Crippen molar-refractivity contribution in [1.29, 1.82) is 0 Å². The highest BCUT2D eigenvalue weighted by Crippen LogP contribution is 2.52. The van der Waals surface area contributed by atoms with Gasteiger partial charge in [-0.15, -0.1) is 0 Å². The molecule has 3 atom stereocenters. The molecule has 1 fully saturated rings. The van der Waals surface area contributed by atoms with Crippen LogP contribution in [-0.2, 0) is 16.6 Å². The summed E-state index contributed by atoms with van der Waals surface area (Å²) < 4.78 is 15.0. The maximum atomic E-state index is 15.0. The van der Waals surface area contributed by atoms with Crippen LogP contribution in [0.1, 0.15) is 44.4 Å². The molecule has 0 saturated heterocycles. The molecule has 6 rings (SSSR count). The lowest BCUT2D eigenvalue weighted by Crippen LogP contribution is -2.47. The van der Waals surface area contributed by atoms with Gasteiger partial charge in [0.1, 0.15) is 11.6 Å². The molecule has 0 unspecified atom stereocenters. The third kappa shape index (κ3) is 3.65. The van der Waals surface area contributed by atoms with Gasteiger partial charge in [-0.25, -0.2) is 14.4 Å². The van der Waals surface area contributed by atoms with E-state index in [-0.39, 0.29) is 23.1 Å². The molecule has 0 aliphatic heterocycles. The Labute approximate surface area is 210 Å². The predicted octanol–water partition coefficient (Wildman–Crippen LogP) is 6.83. The summed E-state index contributed by atoms with van der Waals surface area (Å²) in [6.07, 6.45) is 4.72. The standard InChI is InChI=1S/C31H28FN3O/c1-19-24-14-13-23-28(22-10-6-7-11-25(22)32)34-30(35-29(23)31(24,2)17-16-27(19)36)21-12-15-26(33-18-21)20-8-4-3-5-9-20/h3-12,15,18-19,24H,13-14,16-17H2,1-2H3/t19-,24-,31-/m1/s1. The van der Waals surface area contributed by atoms with Crippen LogP contribution in [0.15, 0.2) is 72.9 Å². The van der Waals surface area contributed by atoms with E-state index < -0.39 is 0 Å². The summed E-state index contributed by atoms with van der Waals surface area (Å²) in [7, 11) is 0. The van der Waals surface area contributed by atoms with Crippen LogP contribution in [0.2, 0.25) is 0 Å². The number of carbonyl (C=O) groups is 1. The number of nitrogens with zero attached hydrogens (tertiary/aromatic N) is 3. The molecule has 36 heavy (non-hydrogen) atoms. The second kappa shape index (κ2) is 8.74. The molecule has 4 nitrogen and oxygen atoms in total. The van der Waals surface area contributed by atoms with Gasteiger partial charge in [0.15, 0.2) is 5.82 Å². The van der Waals surface area contributed by atoms with Crippen molar-refractivity contribution in [2.24, 2.45) is 11.8 Å². The molecule has 1 saturated carbocycles. The molecule has 2 heterocycles. The molecule has 4 aromatic rings. The Bertz CT molecular complexity index is 1450. The summed E-state index contributed by atoms with van der Waals surface area (Å²) in [5, 5.41) is 0. The van der Waals surface area contributed by atoms with Gasteiger partial charge >= 0.3 is 0 Å². The van der Waals surface area contributed by atoms with E-state index in [0.717, 1.165) is 47.3 Å². The van der Waals surface area contributed by atoms with E-state index in [1.54, 1.807) is 18.3 Å². The average molecular weight is 478 g/mol. The summed E-state index contributed by atoms with van der Waals surface area (Å²) in [5.74, 6) is 0.817. The van der Waals surface area contributed by atoms with Gasteiger partial charge in [-0.3, -0.25) is 9.78 Å². The molecule has 5 heteroatoms. The molecular weight excluding hydrogens is 449 g/mol.